The zero-order valence-electron chi connectivity index (χ0n) is 21.4. The maximum Gasteiger partial charge on any atom is 0.269 e. The van der Waals surface area contributed by atoms with Gasteiger partial charge in [-0.05, 0) is 48.4 Å². The van der Waals surface area contributed by atoms with Crippen molar-refractivity contribution in [1.29, 1.82) is 0 Å². The van der Waals surface area contributed by atoms with Gasteiger partial charge in [-0.1, -0.05) is 36.4 Å². The van der Waals surface area contributed by atoms with Crippen molar-refractivity contribution < 1.29 is 19.0 Å². The normalized spacial score (nSPS) is 10.8. The Morgan fingerprint density at radius 2 is 1.58 bits per heavy atom. The molecular weight excluding hydrogens is 500 g/mol. The molecule has 0 spiro atoms. The maximum absolute atomic E-state index is 13.3. The van der Waals surface area contributed by atoms with Crippen molar-refractivity contribution >= 4 is 39.0 Å². The number of rotatable bonds is 7. The molecule has 0 atom stereocenters. The molecule has 5 rings (SSSR count). The second-order valence-electron chi connectivity index (χ2n) is 8.48. The van der Waals surface area contributed by atoms with E-state index in [0.717, 1.165) is 28.1 Å². The Hall–Kier alpha value is -4.63. The highest BCUT2D eigenvalue weighted by atomic mass is 32.1. The summed E-state index contributed by atoms with van der Waals surface area (Å²) in [6.45, 7) is 1.86. The van der Waals surface area contributed by atoms with E-state index in [2.05, 4.69) is 10.3 Å². The highest BCUT2D eigenvalue weighted by Crippen LogP contribution is 2.46. The largest absolute Gasteiger partial charge is 0.493 e. The highest BCUT2D eigenvalue weighted by Gasteiger charge is 2.24. The quantitative estimate of drug-likeness (QED) is 0.260. The minimum atomic E-state index is -0.347. The van der Waals surface area contributed by atoms with Gasteiger partial charge in [-0.25, -0.2) is 9.97 Å². The number of carbonyl (C=O) groups excluding carboxylic acids is 1. The van der Waals surface area contributed by atoms with Gasteiger partial charge in [0.15, 0.2) is 11.5 Å². The van der Waals surface area contributed by atoms with E-state index in [1.165, 1.54) is 11.3 Å². The molecule has 9 heteroatoms. The number of carbonyl (C=O) groups is 1. The number of benzene rings is 2. The molecule has 0 bridgehead atoms. The molecule has 3 aromatic heterocycles. The van der Waals surface area contributed by atoms with Crippen LogP contribution in [0.4, 0.5) is 11.5 Å². The van der Waals surface area contributed by atoms with E-state index in [4.69, 9.17) is 24.9 Å². The lowest BCUT2D eigenvalue weighted by Gasteiger charge is -2.15. The SMILES string of the molecule is COc1cc(-c2cc(-c3ccccc3)nc3sc(C(=O)Nc4cccc(C)n4)c(N)c23)cc(OC)c1OC. The van der Waals surface area contributed by atoms with Crippen LogP contribution in [0.1, 0.15) is 15.4 Å². The Kier molecular flexibility index (Phi) is 6.85. The molecule has 192 valence electrons. The molecule has 0 unspecified atom stereocenters. The molecule has 0 saturated carbocycles. The van der Waals surface area contributed by atoms with Crippen molar-refractivity contribution in [3.63, 3.8) is 0 Å². The fourth-order valence-electron chi connectivity index (χ4n) is 4.30. The van der Waals surface area contributed by atoms with E-state index in [1.807, 2.05) is 67.6 Å². The number of fused-ring (bicyclic) bond motifs is 1. The lowest BCUT2D eigenvalue weighted by molar-refractivity contribution is 0.103. The summed E-state index contributed by atoms with van der Waals surface area (Å²) in [6.07, 6.45) is 0. The smallest absolute Gasteiger partial charge is 0.269 e. The summed E-state index contributed by atoms with van der Waals surface area (Å²) in [7, 11) is 4.70. The fourth-order valence-corrected chi connectivity index (χ4v) is 5.31. The Bertz CT molecular complexity index is 1630. The molecule has 0 aliphatic heterocycles. The van der Waals surface area contributed by atoms with Crippen molar-refractivity contribution in [3.8, 4) is 39.6 Å². The number of nitrogen functional groups attached to an aromatic ring is 1. The number of pyridine rings is 2. The van der Waals surface area contributed by atoms with Crippen LogP contribution in [0.5, 0.6) is 17.2 Å². The molecule has 5 aromatic rings. The van der Waals surface area contributed by atoms with Crippen LogP contribution in [-0.4, -0.2) is 37.2 Å². The number of ether oxygens (including phenoxy) is 3. The molecule has 3 heterocycles. The summed E-state index contributed by atoms with van der Waals surface area (Å²) in [6, 6.07) is 21.0. The predicted molar refractivity (Wildman–Crippen MR) is 151 cm³/mol. The Balaban J connectivity index is 1.73. The molecule has 38 heavy (non-hydrogen) atoms. The predicted octanol–water partition coefficient (Wildman–Crippen LogP) is 6.19. The third kappa shape index (κ3) is 4.59. The molecule has 0 aliphatic carbocycles. The summed E-state index contributed by atoms with van der Waals surface area (Å²) >= 11 is 1.24. The third-order valence-electron chi connectivity index (χ3n) is 6.08. The number of hydrogen-bond donors (Lipinski definition) is 2. The van der Waals surface area contributed by atoms with E-state index in [9.17, 15) is 4.79 Å². The standard InChI is InChI=1S/C29H26N4O4S/c1-16-9-8-12-23(31-16)33-28(34)27-25(30)24-19(18-13-21(35-2)26(37-4)22(14-18)36-3)15-20(32-29(24)38-27)17-10-6-5-7-11-17/h5-15H,30H2,1-4H3,(H,31,33,34). The second kappa shape index (κ2) is 10.4. The fraction of sp³-hybridized carbons (Fsp3) is 0.138. The van der Waals surface area contributed by atoms with Crippen molar-refractivity contribution in [2.45, 2.75) is 6.92 Å². The molecule has 0 aliphatic rings. The van der Waals surface area contributed by atoms with Gasteiger partial charge in [-0.2, -0.15) is 0 Å². The van der Waals surface area contributed by atoms with E-state index in [0.29, 0.717) is 43.8 Å². The number of aromatic nitrogens is 2. The van der Waals surface area contributed by atoms with Crippen LogP contribution in [0.3, 0.4) is 0 Å². The number of hydrogen-bond acceptors (Lipinski definition) is 8. The second-order valence-corrected chi connectivity index (χ2v) is 9.48. The van der Waals surface area contributed by atoms with Crippen molar-refractivity contribution in [2.75, 3.05) is 32.4 Å². The van der Waals surface area contributed by atoms with Crippen LogP contribution in [0.15, 0.2) is 66.7 Å². The van der Waals surface area contributed by atoms with Crippen molar-refractivity contribution in [3.05, 3.63) is 77.3 Å². The molecule has 8 nitrogen and oxygen atoms in total. The van der Waals surface area contributed by atoms with E-state index >= 15 is 0 Å². The monoisotopic (exact) mass is 526 g/mol. The van der Waals surface area contributed by atoms with Gasteiger partial charge in [0.05, 0.1) is 32.7 Å². The van der Waals surface area contributed by atoms with Gasteiger partial charge in [0.2, 0.25) is 5.75 Å². The van der Waals surface area contributed by atoms with E-state index in [-0.39, 0.29) is 5.91 Å². The van der Waals surface area contributed by atoms with E-state index < -0.39 is 0 Å². The maximum atomic E-state index is 13.3. The molecule has 0 radical (unpaired) electrons. The Labute approximate surface area is 224 Å². The zero-order chi connectivity index (χ0) is 26.8. The van der Waals surface area contributed by atoms with Crippen LogP contribution >= 0.6 is 11.3 Å². The molecule has 3 N–H and O–H groups in total. The molecule has 0 fully saturated rings. The van der Waals surface area contributed by atoms with Crippen molar-refractivity contribution in [2.24, 2.45) is 0 Å². The number of amides is 1. The van der Waals surface area contributed by atoms with Crippen LogP contribution in [0.25, 0.3) is 32.6 Å². The lowest BCUT2D eigenvalue weighted by atomic mass is 9.98. The van der Waals surface area contributed by atoms with Crippen LogP contribution in [0.2, 0.25) is 0 Å². The number of nitrogens with zero attached hydrogens (tertiary/aromatic N) is 2. The Morgan fingerprint density at radius 1 is 0.868 bits per heavy atom. The summed E-state index contributed by atoms with van der Waals surface area (Å²) in [5, 5.41) is 3.53. The summed E-state index contributed by atoms with van der Waals surface area (Å²) < 4.78 is 16.7. The Morgan fingerprint density at radius 3 is 2.21 bits per heavy atom. The number of nitrogens with one attached hydrogen (secondary N) is 1. The first-order chi connectivity index (χ1) is 18.4. The van der Waals surface area contributed by atoms with Gasteiger partial charge >= 0.3 is 0 Å². The van der Waals surface area contributed by atoms with E-state index in [1.54, 1.807) is 27.4 Å². The number of methoxy groups -OCH3 is 3. The van der Waals surface area contributed by atoms with Crippen LogP contribution < -0.4 is 25.3 Å². The van der Waals surface area contributed by atoms with Gasteiger partial charge in [0.25, 0.3) is 5.91 Å². The first-order valence-corrected chi connectivity index (χ1v) is 12.6. The minimum absolute atomic E-state index is 0.339. The number of aryl methyl sites for hydroxylation is 1. The zero-order valence-corrected chi connectivity index (χ0v) is 22.2. The lowest BCUT2D eigenvalue weighted by Crippen LogP contribution is -2.13. The number of nitrogens with two attached hydrogens (primary N) is 1. The average molecular weight is 527 g/mol. The third-order valence-corrected chi connectivity index (χ3v) is 7.18. The van der Waals surface area contributed by atoms with Crippen molar-refractivity contribution in [1.82, 2.24) is 9.97 Å². The molecular formula is C29H26N4O4S. The number of thiophene rings is 1. The first kappa shape index (κ1) is 25.0. The minimum Gasteiger partial charge on any atom is -0.493 e. The summed E-state index contributed by atoms with van der Waals surface area (Å²) in [5.74, 6) is 1.60. The van der Waals surface area contributed by atoms with Crippen LogP contribution in [0, 0.1) is 6.92 Å². The molecule has 2 aromatic carbocycles. The topological polar surface area (TPSA) is 109 Å². The highest BCUT2D eigenvalue weighted by molar-refractivity contribution is 7.21. The van der Waals surface area contributed by atoms with Gasteiger partial charge in [-0.15, -0.1) is 11.3 Å². The van der Waals surface area contributed by atoms with Gasteiger partial charge in [0.1, 0.15) is 15.5 Å². The van der Waals surface area contributed by atoms with Gasteiger partial charge in [-0.3, -0.25) is 4.79 Å². The van der Waals surface area contributed by atoms with Gasteiger partial charge < -0.3 is 25.3 Å². The average Bonchev–Trinajstić information content (AvgIpc) is 3.28. The summed E-state index contributed by atoms with van der Waals surface area (Å²) in [4.78, 5) is 23.6. The first-order valence-electron chi connectivity index (χ1n) is 11.8. The summed E-state index contributed by atoms with van der Waals surface area (Å²) in [5.41, 5.74) is 11.0. The van der Waals surface area contributed by atoms with Gasteiger partial charge in [0, 0.05) is 16.6 Å². The molecule has 1 amide bonds. The number of anilines is 2. The van der Waals surface area contributed by atoms with Crippen LogP contribution in [-0.2, 0) is 0 Å². The molecule has 0 saturated heterocycles.